The SMILES string of the molecule is CCCCCCCCCCOCC(O)C[NH2+]C(CCO)CCO.COS(=O)(=O)[O-]. The van der Waals surface area contributed by atoms with E-state index >= 15 is 0 Å². The van der Waals surface area contributed by atoms with E-state index in [1.807, 2.05) is 5.32 Å². The molecular weight excluding hydrogens is 402 g/mol. The molecule has 0 aliphatic rings. The topological polar surface area (TPSA) is 153 Å². The Balaban J connectivity index is 0. The minimum Gasteiger partial charge on any atom is -0.726 e. The lowest BCUT2D eigenvalue weighted by Crippen LogP contribution is -2.92. The van der Waals surface area contributed by atoms with Crippen molar-refractivity contribution in [1.82, 2.24) is 0 Å². The molecule has 0 aromatic carbocycles. The molecule has 9 nitrogen and oxygen atoms in total. The highest BCUT2D eigenvalue weighted by Gasteiger charge is 2.14. The van der Waals surface area contributed by atoms with E-state index in [9.17, 15) is 18.1 Å². The molecule has 0 amide bonds. The number of nitrogens with two attached hydrogens (primary N) is 1. The Bertz CT molecular complexity index is 416. The molecule has 1 unspecified atom stereocenters. The van der Waals surface area contributed by atoms with Crippen molar-refractivity contribution < 1.29 is 42.5 Å². The number of aliphatic hydroxyl groups is 3. The van der Waals surface area contributed by atoms with E-state index < -0.39 is 16.5 Å². The van der Waals surface area contributed by atoms with Crippen molar-refractivity contribution in [3.8, 4) is 0 Å². The molecule has 29 heavy (non-hydrogen) atoms. The molecule has 0 bridgehead atoms. The Hall–Kier alpha value is -0.330. The van der Waals surface area contributed by atoms with Crippen molar-refractivity contribution in [2.24, 2.45) is 0 Å². The normalized spacial score (nSPS) is 12.7. The van der Waals surface area contributed by atoms with Gasteiger partial charge in [0.2, 0.25) is 10.4 Å². The summed E-state index contributed by atoms with van der Waals surface area (Å²) in [5.41, 5.74) is 0. The number of hydrogen-bond donors (Lipinski definition) is 4. The van der Waals surface area contributed by atoms with E-state index in [1.54, 1.807) is 0 Å². The second-order valence-corrected chi connectivity index (χ2v) is 8.18. The second-order valence-electron chi connectivity index (χ2n) is 7.03. The minimum absolute atomic E-state index is 0.117. The third-order valence-corrected chi connectivity index (χ3v) is 4.81. The van der Waals surface area contributed by atoms with Crippen molar-refractivity contribution in [2.75, 3.05) is 40.1 Å². The number of ether oxygens (including phenoxy) is 1. The Labute approximate surface area is 176 Å². The zero-order valence-corrected chi connectivity index (χ0v) is 18.9. The fourth-order valence-corrected chi connectivity index (χ4v) is 2.69. The van der Waals surface area contributed by atoms with Crippen LogP contribution in [0.2, 0.25) is 0 Å². The Morgan fingerprint density at radius 1 is 0.966 bits per heavy atom. The summed E-state index contributed by atoms with van der Waals surface area (Å²) >= 11 is 0. The predicted molar refractivity (Wildman–Crippen MR) is 110 cm³/mol. The molecule has 0 rings (SSSR count). The maximum absolute atomic E-state index is 9.88. The van der Waals surface area contributed by atoms with E-state index in [2.05, 4.69) is 11.1 Å². The van der Waals surface area contributed by atoms with Crippen LogP contribution < -0.4 is 5.32 Å². The van der Waals surface area contributed by atoms with Crippen LogP contribution in [0.15, 0.2) is 0 Å². The van der Waals surface area contributed by atoms with Crippen molar-refractivity contribution in [3.05, 3.63) is 0 Å². The lowest BCUT2D eigenvalue weighted by atomic mass is 10.1. The summed E-state index contributed by atoms with van der Waals surface area (Å²) in [6.07, 6.45) is 11.1. The minimum atomic E-state index is -4.41. The predicted octanol–water partition coefficient (Wildman–Crippen LogP) is 0.294. The molecule has 0 saturated heterocycles. The molecule has 0 saturated carbocycles. The van der Waals surface area contributed by atoms with Crippen molar-refractivity contribution in [3.63, 3.8) is 0 Å². The number of quaternary nitrogens is 1. The van der Waals surface area contributed by atoms with Crippen LogP contribution in [0, 0.1) is 0 Å². The van der Waals surface area contributed by atoms with Crippen LogP contribution in [0.5, 0.6) is 0 Å². The van der Waals surface area contributed by atoms with Gasteiger partial charge in [-0.3, -0.25) is 4.18 Å². The Morgan fingerprint density at radius 2 is 1.45 bits per heavy atom. The zero-order chi connectivity index (χ0) is 22.4. The third-order valence-electron chi connectivity index (χ3n) is 4.40. The molecule has 0 aliphatic heterocycles. The molecule has 0 spiro atoms. The van der Waals surface area contributed by atoms with Gasteiger partial charge in [0.25, 0.3) is 0 Å². The van der Waals surface area contributed by atoms with E-state index in [4.69, 9.17) is 14.9 Å². The standard InChI is InChI=1S/C18H39NO4.CH4O4S/c1-2-3-4-5-6-7-8-9-14-23-16-18(22)15-19-17(10-12-20)11-13-21;1-5-6(2,3)4/h17-22H,2-16H2,1H3;1H3,(H,2,3,4). The summed E-state index contributed by atoms with van der Waals surface area (Å²) in [5, 5.41) is 29.8. The van der Waals surface area contributed by atoms with Gasteiger partial charge < -0.3 is 29.9 Å². The summed E-state index contributed by atoms with van der Waals surface area (Å²) in [4.78, 5) is 0. The molecule has 0 heterocycles. The molecule has 10 heteroatoms. The van der Waals surface area contributed by atoms with Crippen LogP contribution in [0.3, 0.4) is 0 Å². The first-order chi connectivity index (χ1) is 13.8. The summed E-state index contributed by atoms with van der Waals surface area (Å²) in [7, 11) is -3.60. The number of rotatable bonds is 19. The van der Waals surface area contributed by atoms with Crippen molar-refractivity contribution >= 4 is 10.4 Å². The molecule has 0 aliphatic carbocycles. The van der Waals surface area contributed by atoms with Crippen molar-refractivity contribution in [1.29, 1.82) is 0 Å². The van der Waals surface area contributed by atoms with E-state index in [0.717, 1.165) is 20.1 Å². The summed E-state index contributed by atoms with van der Waals surface area (Å²) < 4.78 is 36.5. The van der Waals surface area contributed by atoms with Crippen LogP contribution in [0.25, 0.3) is 0 Å². The average molecular weight is 446 g/mol. The number of unbranched alkanes of at least 4 members (excludes halogenated alkanes) is 7. The van der Waals surface area contributed by atoms with Gasteiger partial charge in [0.05, 0.1) is 19.8 Å². The smallest absolute Gasteiger partial charge is 0.217 e. The lowest BCUT2D eigenvalue weighted by molar-refractivity contribution is -0.696. The summed E-state index contributed by atoms with van der Waals surface area (Å²) in [6, 6.07) is 0.173. The highest BCUT2D eigenvalue weighted by Crippen LogP contribution is 2.08. The van der Waals surface area contributed by atoms with Crippen LogP contribution in [0.1, 0.15) is 71.1 Å². The number of aliphatic hydroxyl groups excluding tert-OH is 3. The molecule has 0 radical (unpaired) electrons. The quantitative estimate of drug-likeness (QED) is 0.126. The summed E-state index contributed by atoms with van der Waals surface area (Å²) in [5.74, 6) is 0. The van der Waals surface area contributed by atoms with Gasteiger partial charge in [-0.05, 0) is 6.42 Å². The molecule has 5 N–H and O–H groups in total. The summed E-state index contributed by atoms with van der Waals surface area (Å²) in [6.45, 7) is 4.13. The van der Waals surface area contributed by atoms with Gasteiger partial charge in [0.15, 0.2) is 0 Å². The molecular formula is C19H43NO8S. The monoisotopic (exact) mass is 445 g/mol. The van der Waals surface area contributed by atoms with Gasteiger partial charge in [-0.1, -0.05) is 51.9 Å². The maximum atomic E-state index is 9.88. The van der Waals surface area contributed by atoms with E-state index in [0.29, 0.717) is 26.0 Å². The molecule has 178 valence electrons. The average Bonchev–Trinajstić information content (AvgIpc) is 2.68. The molecule has 0 aromatic heterocycles. The van der Waals surface area contributed by atoms with Crippen molar-refractivity contribution in [2.45, 2.75) is 83.3 Å². The molecule has 0 fully saturated rings. The Morgan fingerprint density at radius 3 is 1.90 bits per heavy atom. The van der Waals surface area contributed by atoms with Gasteiger partial charge in [-0.2, -0.15) is 0 Å². The Kier molecular flexibility index (Phi) is 23.8. The van der Waals surface area contributed by atoms with Crippen LogP contribution >= 0.6 is 0 Å². The third kappa shape index (κ3) is 27.7. The lowest BCUT2D eigenvalue weighted by Gasteiger charge is -2.16. The molecule has 0 aromatic rings. The van der Waals surface area contributed by atoms with E-state index in [-0.39, 0.29) is 19.3 Å². The maximum Gasteiger partial charge on any atom is 0.217 e. The van der Waals surface area contributed by atoms with Crippen LogP contribution in [0.4, 0.5) is 0 Å². The van der Waals surface area contributed by atoms with Gasteiger partial charge in [-0.15, -0.1) is 0 Å². The second kappa shape index (κ2) is 22.4. The zero-order valence-electron chi connectivity index (χ0n) is 18.1. The van der Waals surface area contributed by atoms with E-state index in [1.165, 1.54) is 44.9 Å². The van der Waals surface area contributed by atoms with Gasteiger partial charge in [0, 0.05) is 32.7 Å². The largest absolute Gasteiger partial charge is 0.726 e. The molecule has 1 atom stereocenters. The highest BCUT2D eigenvalue weighted by molar-refractivity contribution is 7.80. The fraction of sp³-hybridized carbons (Fsp3) is 1.00. The fourth-order valence-electron chi connectivity index (χ4n) is 2.69. The first-order valence-electron chi connectivity index (χ1n) is 10.6. The van der Waals surface area contributed by atoms with Gasteiger partial charge >= 0.3 is 0 Å². The van der Waals surface area contributed by atoms with Gasteiger partial charge in [-0.25, -0.2) is 8.42 Å². The van der Waals surface area contributed by atoms with Crippen LogP contribution in [-0.4, -0.2) is 80.5 Å². The highest BCUT2D eigenvalue weighted by atomic mass is 32.3. The van der Waals surface area contributed by atoms with Gasteiger partial charge in [0.1, 0.15) is 12.6 Å². The first kappa shape index (κ1) is 30.9. The van der Waals surface area contributed by atoms with Crippen LogP contribution in [-0.2, 0) is 19.3 Å². The first-order valence-corrected chi connectivity index (χ1v) is 12.0. The number of hydrogen-bond acceptors (Lipinski definition) is 8.